The van der Waals surface area contributed by atoms with Gasteiger partial charge in [-0.05, 0) is 48.2 Å². The second kappa shape index (κ2) is 7.27. The SMILES string of the molecule is Cc1ccc2oc3c(c(=O)c2c1)C(c1ccc(C(C)C)cc1)N(Cc1ccco1)C3=O. The third kappa shape index (κ3) is 3.17. The van der Waals surface area contributed by atoms with E-state index in [0.717, 1.165) is 11.1 Å². The van der Waals surface area contributed by atoms with Crippen molar-refractivity contribution in [3.05, 3.63) is 105 Å². The molecule has 1 unspecified atom stereocenters. The van der Waals surface area contributed by atoms with E-state index in [-0.39, 0.29) is 23.6 Å². The van der Waals surface area contributed by atoms with Crippen LogP contribution in [0.4, 0.5) is 0 Å². The Bertz CT molecular complexity index is 1330. The van der Waals surface area contributed by atoms with Gasteiger partial charge in [0.05, 0.1) is 29.8 Å². The highest BCUT2D eigenvalue weighted by atomic mass is 16.3. The molecule has 0 aliphatic carbocycles. The normalized spacial score (nSPS) is 15.8. The monoisotopic (exact) mass is 413 g/mol. The van der Waals surface area contributed by atoms with Crippen LogP contribution in [0.2, 0.25) is 0 Å². The number of carbonyl (C=O) groups is 1. The molecule has 0 radical (unpaired) electrons. The molecule has 1 amide bonds. The highest BCUT2D eigenvalue weighted by Gasteiger charge is 2.43. The van der Waals surface area contributed by atoms with Crippen LogP contribution in [-0.4, -0.2) is 10.8 Å². The van der Waals surface area contributed by atoms with Crippen molar-refractivity contribution in [1.82, 2.24) is 4.90 Å². The molecule has 0 saturated carbocycles. The summed E-state index contributed by atoms with van der Waals surface area (Å²) in [6, 6.07) is 16.6. The molecule has 4 aromatic rings. The summed E-state index contributed by atoms with van der Waals surface area (Å²) < 4.78 is 11.5. The first-order chi connectivity index (χ1) is 14.9. The molecule has 1 aliphatic rings. The number of carbonyl (C=O) groups excluding carboxylic acids is 1. The van der Waals surface area contributed by atoms with Gasteiger partial charge in [-0.1, -0.05) is 49.7 Å². The van der Waals surface area contributed by atoms with Gasteiger partial charge in [-0.25, -0.2) is 0 Å². The van der Waals surface area contributed by atoms with Gasteiger partial charge in [0, 0.05) is 0 Å². The number of rotatable bonds is 4. The lowest BCUT2D eigenvalue weighted by atomic mass is 9.95. The summed E-state index contributed by atoms with van der Waals surface area (Å²) in [7, 11) is 0. The van der Waals surface area contributed by atoms with Crippen LogP contribution in [0.15, 0.2) is 74.5 Å². The Balaban J connectivity index is 1.72. The maximum Gasteiger partial charge on any atom is 0.291 e. The Morgan fingerprint density at radius 1 is 1.03 bits per heavy atom. The van der Waals surface area contributed by atoms with E-state index in [0.29, 0.717) is 28.2 Å². The Morgan fingerprint density at radius 2 is 1.81 bits per heavy atom. The molecule has 31 heavy (non-hydrogen) atoms. The second-order valence-corrected chi connectivity index (χ2v) is 8.41. The number of benzene rings is 2. The third-order valence-electron chi connectivity index (χ3n) is 5.95. The van der Waals surface area contributed by atoms with Crippen molar-refractivity contribution in [2.24, 2.45) is 0 Å². The molecule has 5 heteroatoms. The maximum absolute atomic E-state index is 13.6. The fraction of sp³-hybridized carbons (Fsp3) is 0.231. The molecule has 0 bridgehead atoms. The lowest BCUT2D eigenvalue weighted by Crippen LogP contribution is -2.29. The molecule has 1 atom stereocenters. The lowest BCUT2D eigenvalue weighted by Gasteiger charge is -2.24. The first-order valence-electron chi connectivity index (χ1n) is 10.4. The molecule has 5 rings (SSSR count). The van der Waals surface area contributed by atoms with Gasteiger partial charge in [0.2, 0.25) is 5.76 Å². The van der Waals surface area contributed by atoms with E-state index in [1.807, 2.05) is 37.3 Å². The minimum Gasteiger partial charge on any atom is -0.467 e. The van der Waals surface area contributed by atoms with E-state index in [9.17, 15) is 9.59 Å². The van der Waals surface area contributed by atoms with Crippen molar-refractivity contribution in [1.29, 1.82) is 0 Å². The summed E-state index contributed by atoms with van der Waals surface area (Å²) in [6.45, 7) is 6.45. The highest BCUT2D eigenvalue weighted by Crippen LogP contribution is 2.39. The van der Waals surface area contributed by atoms with Gasteiger partial charge in [0.1, 0.15) is 11.3 Å². The minimum atomic E-state index is -0.532. The number of nitrogens with zero attached hydrogens (tertiary/aromatic N) is 1. The number of fused-ring (bicyclic) bond motifs is 2. The van der Waals surface area contributed by atoms with Crippen molar-refractivity contribution >= 4 is 16.9 Å². The molecule has 2 aromatic carbocycles. The van der Waals surface area contributed by atoms with Gasteiger partial charge >= 0.3 is 0 Å². The second-order valence-electron chi connectivity index (χ2n) is 8.41. The fourth-order valence-corrected chi connectivity index (χ4v) is 4.28. The zero-order valence-electron chi connectivity index (χ0n) is 17.7. The summed E-state index contributed by atoms with van der Waals surface area (Å²) in [4.78, 5) is 28.6. The molecule has 1 aliphatic heterocycles. The first-order valence-corrected chi connectivity index (χ1v) is 10.4. The molecule has 156 valence electrons. The van der Waals surface area contributed by atoms with Crippen molar-refractivity contribution in [2.45, 2.75) is 39.3 Å². The van der Waals surface area contributed by atoms with Crippen molar-refractivity contribution < 1.29 is 13.6 Å². The molecular formula is C26H23NO4. The number of amides is 1. The summed E-state index contributed by atoms with van der Waals surface area (Å²) >= 11 is 0. The van der Waals surface area contributed by atoms with Crippen LogP contribution in [-0.2, 0) is 6.54 Å². The van der Waals surface area contributed by atoms with Crippen molar-refractivity contribution in [2.75, 3.05) is 0 Å². The van der Waals surface area contributed by atoms with Crippen LogP contribution in [0.3, 0.4) is 0 Å². The standard InChI is InChI=1S/C26H23NO4/c1-15(2)17-7-9-18(10-8-17)23-22-24(28)20-13-16(3)6-11-21(20)31-25(22)26(29)27(23)14-19-5-4-12-30-19/h4-13,15,23H,14H2,1-3H3. The predicted octanol–water partition coefficient (Wildman–Crippen LogP) is 5.56. The van der Waals surface area contributed by atoms with Crippen molar-refractivity contribution in [3.63, 3.8) is 0 Å². The molecule has 0 N–H and O–H groups in total. The van der Waals surface area contributed by atoms with Gasteiger partial charge in [0.25, 0.3) is 5.91 Å². The van der Waals surface area contributed by atoms with Gasteiger partial charge in [0.15, 0.2) is 5.43 Å². The largest absolute Gasteiger partial charge is 0.467 e. The zero-order valence-corrected chi connectivity index (χ0v) is 17.7. The van der Waals surface area contributed by atoms with Crippen LogP contribution in [0.25, 0.3) is 11.0 Å². The lowest BCUT2D eigenvalue weighted by molar-refractivity contribution is 0.0701. The quantitative estimate of drug-likeness (QED) is 0.439. The number of hydrogen-bond acceptors (Lipinski definition) is 4. The fourth-order valence-electron chi connectivity index (χ4n) is 4.28. The smallest absolute Gasteiger partial charge is 0.291 e. The topological polar surface area (TPSA) is 63.7 Å². The van der Waals surface area contributed by atoms with Crippen LogP contribution in [0.5, 0.6) is 0 Å². The van der Waals surface area contributed by atoms with Crippen LogP contribution < -0.4 is 5.43 Å². The molecule has 0 spiro atoms. The van der Waals surface area contributed by atoms with Gasteiger partial charge in [-0.15, -0.1) is 0 Å². The molecule has 0 saturated heterocycles. The molecule has 3 heterocycles. The van der Waals surface area contributed by atoms with Crippen LogP contribution in [0.1, 0.15) is 64.4 Å². The highest BCUT2D eigenvalue weighted by molar-refractivity contribution is 5.99. The number of furan rings is 1. The van der Waals surface area contributed by atoms with Gasteiger partial charge < -0.3 is 13.7 Å². The predicted molar refractivity (Wildman–Crippen MR) is 118 cm³/mol. The van der Waals surface area contributed by atoms with Crippen LogP contribution in [0, 0.1) is 6.92 Å². The van der Waals surface area contributed by atoms with E-state index >= 15 is 0 Å². The van der Waals surface area contributed by atoms with Crippen molar-refractivity contribution in [3.8, 4) is 0 Å². The summed E-state index contributed by atoms with van der Waals surface area (Å²) in [5.41, 5.74) is 3.71. The van der Waals surface area contributed by atoms with E-state index in [4.69, 9.17) is 8.83 Å². The summed E-state index contributed by atoms with van der Waals surface area (Å²) in [5.74, 6) is 0.857. The van der Waals surface area contributed by atoms with E-state index in [2.05, 4.69) is 26.0 Å². The van der Waals surface area contributed by atoms with E-state index < -0.39 is 6.04 Å². The maximum atomic E-state index is 13.6. The minimum absolute atomic E-state index is 0.117. The molecule has 0 fully saturated rings. The molecule has 5 nitrogen and oxygen atoms in total. The number of aryl methyl sites for hydroxylation is 1. The third-order valence-corrected chi connectivity index (χ3v) is 5.95. The Kier molecular flexibility index (Phi) is 4.54. The van der Waals surface area contributed by atoms with E-state index in [1.54, 1.807) is 23.3 Å². The van der Waals surface area contributed by atoms with Crippen LogP contribution >= 0.6 is 0 Å². The average Bonchev–Trinajstić information content (AvgIpc) is 3.36. The Labute approximate surface area is 179 Å². The van der Waals surface area contributed by atoms with Gasteiger partial charge in [-0.3, -0.25) is 9.59 Å². The summed E-state index contributed by atoms with van der Waals surface area (Å²) in [5, 5.41) is 0.496. The average molecular weight is 413 g/mol. The molecule has 2 aromatic heterocycles. The van der Waals surface area contributed by atoms with Gasteiger partial charge in [-0.2, -0.15) is 0 Å². The molecular weight excluding hydrogens is 390 g/mol. The summed E-state index contributed by atoms with van der Waals surface area (Å²) in [6.07, 6.45) is 1.58. The Hall–Kier alpha value is -3.60. The zero-order chi connectivity index (χ0) is 21.7. The number of hydrogen-bond donors (Lipinski definition) is 0. The Morgan fingerprint density at radius 3 is 2.48 bits per heavy atom. The first kappa shape index (κ1) is 19.4. The van der Waals surface area contributed by atoms with E-state index in [1.165, 1.54) is 5.56 Å².